The van der Waals surface area contributed by atoms with Gasteiger partial charge in [0.25, 0.3) is 0 Å². The van der Waals surface area contributed by atoms with Crippen LogP contribution in [0.25, 0.3) is 38.2 Å². The molecule has 2 aliphatic carbocycles. The van der Waals surface area contributed by atoms with Gasteiger partial charge in [-0.1, -0.05) is 146 Å². The number of allylic oxidation sites excluding steroid dienone is 6. The summed E-state index contributed by atoms with van der Waals surface area (Å²) in [6.07, 6.45) is 17.4. The third-order valence-corrected chi connectivity index (χ3v) is 9.92. The van der Waals surface area contributed by atoms with E-state index in [2.05, 4.69) is 175 Å². The third kappa shape index (κ3) is 4.23. The molecule has 3 aliphatic rings. The van der Waals surface area contributed by atoms with E-state index in [1.165, 1.54) is 66.3 Å². The highest BCUT2D eigenvalue weighted by Crippen LogP contribution is 2.49. The number of para-hydroxylation sites is 1. The van der Waals surface area contributed by atoms with Crippen molar-refractivity contribution >= 4 is 38.5 Å². The van der Waals surface area contributed by atoms with Gasteiger partial charge in [0.1, 0.15) is 0 Å². The smallest absolute Gasteiger partial charge is 0.0629 e. The van der Waals surface area contributed by atoms with Crippen molar-refractivity contribution in [3.63, 3.8) is 0 Å². The SMILES string of the molecule is C1=CC2c3cc(C4=CCC(c5c6ccccc6c(-c6ccccc6)c6ccccc56)C=C4)ccc3N(c3ccccc3)C2C=C1. The van der Waals surface area contributed by atoms with Crippen LogP contribution >= 0.6 is 0 Å². The van der Waals surface area contributed by atoms with Crippen molar-refractivity contribution in [1.29, 1.82) is 0 Å². The van der Waals surface area contributed by atoms with Crippen molar-refractivity contribution in [3.8, 4) is 11.1 Å². The molecule has 0 bridgehead atoms. The van der Waals surface area contributed by atoms with Crippen LogP contribution < -0.4 is 4.90 Å². The molecule has 0 saturated heterocycles. The molecule has 0 fully saturated rings. The van der Waals surface area contributed by atoms with Crippen molar-refractivity contribution in [2.45, 2.75) is 24.3 Å². The van der Waals surface area contributed by atoms with E-state index in [9.17, 15) is 0 Å². The Kier molecular flexibility index (Phi) is 6.16. The number of anilines is 2. The standard InChI is InChI=1S/C44H33N/c1-3-13-31(14-4-1)43-36-18-7-9-20-38(36)44(39-21-10-8-19-37(39)43)32-25-23-30(24-26-32)33-27-28-42-40(29-33)35-17-11-12-22-41(35)45(42)34-15-5-2-6-16-34/h1-25,27-29,32,35,41H,26H2. The van der Waals surface area contributed by atoms with Crippen LogP contribution in [0.4, 0.5) is 11.4 Å². The lowest BCUT2D eigenvalue weighted by molar-refractivity contribution is 0.744. The zero-order chi connectivity index (χ0) is 29.7. The van der Waals surface area contributed by atoms with Gasteiger partial charge in [-0.05, 0) is 85.6 Å². The summed E-state index contributed by atoms with van der Waals surface area (Å²) in [7, 11) is 0. The first-order valence-corrected chi connectivity index (χ1v) is 16.1. The lowest BCUT2D eigenvalue weighted by atomic mass is 9.80. The van der Waals surface area contributed by atoms with Gasteiger partial charge in [0.15, 0.2) is 0 Å². The quantitative estimate of drug-likeness (QED) is 0.189. The van der Waals surface area contributed by atoms with Gasteiger partial charge in [-0.3, -0.25) is 0 Å². The van der Waals surface area contributed by atoms with E-state index >= 15 is 0 Å². The minimum absolute atomic E-state index is 0.309. The van der Waals surface area contributed by atoms with E-state index in [0.717, 1.165) is 6.42 Å². The van der Waals surface area contributed by atoms with E-state index in [4.69, 9.17) is 0 Å². The minimum Gasteiger partial charge on any atom is -0.333 e. The van der Waals surface area contributed by atoms with Gasteiger partial charge in [-0.2, -0.15) is 0 Å². The van der Waals surface area contributed by atoms with Crippen LogP contribution in [0.5, 0.6) is 0 Å². The van der Waals surface area contributed by atoms with Gasteiger partial charge >= 0.3 is 0 Å². The lowest BCUT2D eigenvalue weighted by Gasteiger charge is -2.28. The first kappa shape index (κ1) is 26.0. The molecule has 3 atom stereocenters. The summed E-state index contributed by atoms with van der Waals surface area (Å²) in [5.74, 6) is 0.666. The van der Waals surface area contributed by atoms with Gasteiger partial charge in [-0.25, -0.2) is 0 Å². The van der Waals surface area contributed by atoms with E-state index in [-0.39, 0.29) is 0 Å². The second kappa shape index (κ2) is 10.6. The number of hydrogen-bond donors (Lipinski definition) is 0. The van der Waals surface area contributed by atoms with E-state index in [0.29, 0.717) is 17.9 Å². The highest BCUT2D eigenvalue weighted by Gasteiger charge is 2.37. The van der Waals surface area contributed by atoms with Crippen molar-refractivity contribution in [2.24, 2.45) is 0 Å². The topological polar surface area (TPSA) is 3.24 Å². The Bertz CT molecular complexity index is 2140. The number of hydrogen-bond acceptors (Lipinski definition) is 1. The van der Waals surface area contributed by atoms with Gasteiger partial charge in [-0.15, -0.1) is 0 Å². The van der Waals surface area contributed by atoms with Crippen LogP contribution in [0.1, 0.15) is 34.9 Å². The molecule has 6 aromatic rings. The van der Waals surface area contributed by atoms with Crippen LogP contribution in [0.3, 0.4) is 0 Å². The molecule has 1 heterocycles. The molecule has 6 aromatic carbocycles. The molecule has 0 radical (unpaired) electrons. The number of rotatable bonds is 4. The first-order chi connectivity index (χ1) is 22.3. The number of nitrogens with zero attached hydrogens (tertiary/aromatic N) is 1. The van der Waals surface area contributed by atoms with Crippen LogP contribution in [-0.4, -0.2) is 6.04 Å². The summed E-state index contributed by atoms with van der Waals surface area (Å²) in [6, 6.07) is 47.0. The second-order valence-corrected chi connectivity index (χ2v) is 12.4. The lowest BCUT2D eigenvalue weighted by Crippen LogP contribution is -2.28. The van der Waals surface area contributed by atoms with Crippen LogP contribution in [-0.2, 0) is 0 Å². The molecule has 0 aromatic heterocycles. The number of benzene rings is 6. The maximum absolute atomic E-state index is 2.50. The van der Waals surface area contributed by atoms with E-state index in [1.54, 1.807) is 0 Å². The molecule has 0 amide bonds. The maximum atomic E-state index is 2.50. The second-order valence-electron chi connectivity index (χ2n) is 12.4. The predicted octanol–water partition coefficient (Wildman–Crippen LogP) is 11.5. The average molecular weight is 576 g/mol. The summed E-state index contributed by atoms with van der Waals surface area (Å²) in [5, 5.41) is 5.35. The first-order valence-electron chi connectivity index (χ1n) is 16.1. The van der Waals surface area contributed by atoms with Gasteiger partial charge in [0.05, 0.1) is 6.04 Å². The highest BCUT2D eigenvalue weighted by atomic mass is 15.2. The number of fused-ring (bicyclic) bond motifs is 5. The Labute approximate surface area is 264 Å². The van der Waals surface area contributed by atoms with E-state index in [1.807, 2.05) is 0 Å². The molecule has 45 heavy (non-hydrogen) atoms. The fourth-order valence-corrected chi connectivity index (χ4v) is 7.94. The molecule has 1 nitrogen and oxygen atoms in total. The largest absolute Gasteiger partial charge is 0.333 e. The molecule has 0 spiro atoms. The molecule has 3 unspecified atom stereocenters. The molecule has 214 valence electrons. The molecule has 1 aliphatic heterocycles. The Morgan fingerprint density at radius 1 is 0.556 bits per heavy atom. The molecular weight excluding hydrogens is 542 g/mol. The van der Waals surface area contributed by atoms with Crippen LogP contribution in [0.15, 0.2) is 170 Å². The summed E-state index contributed by atoms with van der Waals surface area (Å²) in [4.78, 5) is 2.50. The fraction of sp³-hybridized carbons (Fsp3) is 0.0909. The van der Waals surface area contributed by atoms with Crippen LogP contribution in [0, 0.1) is 0 Å². The third-order valence-electron chi connectivity index (χ3n) is 9.92. The monoisotopic (exact) mass is 575 g/mol. The summed E-state index contributed by atoms with van der Waals surface area (Å²) >= 11 is 0. The zero-order valence-corrected chi connectivity index (χ0v) is 25.1. The maximum Gasteiger partial charge on any atom is 0.0629 e. The molecule has 0 N–H and O–H groups in total. The van der Waals surface area contributed by atoms with E-state index < -0.39 is 0 Å². The van der Waals surface area contributed by atoms with Crippen molar-refractivity contribution in [1.82, 2.24) is 0 Å². The van der Waals surface area contributed by atoms with Crippen molar-refractivity contribution < 1.29 is 0 Å². The Hall–Kier alpha value is -5.40. The Morgan fingerprint density at radius 3 is 1.89 bits per heavy atom. The van der Waals surface area contributed by atoms with Gasteiger partial charge in [0.2, 0.25) is 0 Å². The van der Waals surface area contributed by atoms with Crippen LogP contribution in [0.2, 0.25) is 0 Å². The molecule has 0 saturated carbocycles. The fourth-order valence-electron chi connectivity index (χ4n) is 7.94. The Balaban J connectivity index is 1.10. The summed E-state index contributed by atoms with van der Waals surface area (Å²) < 4.78 is 0. The molecule has 1 heteroatoms. The highest BCUT2D eigenvalue weighted by molar-refractivity contribution is 6.15. The normalized spacial score (nSPS) is 20.0. The molecule has 9 rings (SSSR count). The van der Waals surface area contributed by atoms with Gasteiger partial charge in [0, 0.05) is 23.2 Å². The zero-order valence-electron chi connectivity index (χ0n) is 25.1. The van der Waals surface area contributed by atoms with Crippen molar-refractivity contribution in [3.05, 3.63) is 187 Å². The van der Waals surface area contributed by atoms with Crippen molar-refractivity contribution in [2.75, 3.05) is 4.90 Å². The summed E-state index contributed by atoms with van der Waals surface area (Å²) in [6.45, 7) is 0. The summed E-state index contributed by atoms with van der Waals surface area (Å²) in [5.41, 5.74) is 10.6. The van der Waals surface area contributed by atoms with Gasteiger partial charge < -0.3 is 4.90 Å². The Morgan fingerprint density at radius 2 is 1.20 bits per heavy atom. The minimum atomic E-state index is 0.309. The molecular formula is C44H33N. The predicted molar refractivity (Wildman–Crippen MR) is 191 cm³/mol. The average Bonchev–Trinajstić information content (AvgIpc) is 3.45.